The van der Waals surface area contributed by atoms with Crippen LogP contribution in [0.4, 0.5) is 21.5 Å². The second-order valence-corrected chi connectivity index (χ2v) is 8.51. The van der Waals surface area contributed by atoms with Crippen LogP contribution in [0.2, 0.25) is 0 Å². The monoisotopic (exact) mass is 459 g/mol. The lowest BCUT2D eigenvalue weighted by Gasteiger charge is -2.35. The molecule has 2 heterocycles. The van der Waals surface area contributed by atoms with Crippen molar-refractivity contribution in [3.63, 3.8) is 0 Å². The number of fused-ring (bicyclic) bond motifs is 1. The number of amides is 1. The summed E-state index contributed by atoms with van der Waals surface area (Å²) in [5.74, 6) is 0.500. The van der Waals surface area contributed by atoms with Gasteiger partial charge in [-0.15, -0.1) is 0 Å². The molecule has 5 rings (SSSR count). The molecule has 0 bridgehead atoms. The summed E-state index contributed by atoms with van der Waals surface area (Å²) in [6.45, 7) is 6.66. The number of anilines is 2. The maximum atomic E-state index is 13.4. The molecule has 3 aromatic rings. The number of para-hydroxylation sites is 1. The van der Waals surface area contributed by atoms with Gasteiger partial charge in [-0.25, -0.2) is 9.38 Å². The number of carbonyl (C=O) groups is 1. The average molecular weight is 460 g/mol. The molecule has 0 unspecified atom stereocenters. The van der Waals surface area contributed by atoms with Crippen LogP contribution in [0.1, 0.15) is 12.5 Å². The zero-order chi connectivity index (χ0) is 23.5. The molecule has 0 aromatic heterocycles. The van der Waals surface area contributed by atoms with Crippen LogP contribution in [-0.4, -0.2) is 51.1 Å². The molecule has 34 heavy (non-hydrogen) atoms. The molecule has 0 radical (unpaired) electrons. The predicted molar refractivity (Wildman–Crippen MR) is 132 cm³/mol. The third-order valence-electron chi connectivity index (χ3n) is 6.33. The molecule has 2 aliphatic rings. The topological polar surface area (TPSA) is 49.6 Å². The smallest absolute Gasteiger partial charge is 0.281 e. The molecule has 174 valence electrons. The second-order valence-electron chi connectivity index (χ2n) is 8.51. The number of piperazine rings is 1. The summed E-state index contributed by atoms with van der Waals surface area (Å²) in [5.41, 5.74) is 4.01. The first kappa shape index (κ1) is 22.1. The highest BCUT2D eigenvalue weighted by Crippen LogP contribution is 2.30. The van der Waals surface area contributed by atoms with E-state index in [2.05, 4.69) is 4.90 Å². The Balaban J connectivity index is 1.30. The van der Waals surface area contributed by atoms with Crippen LogP contribution in [0, 0.1) is 5.82 Å². The molecule has 0 atom stereocenters. The summed E-state index contributed by atoms with van der Waals surface area (Å²) in [4.78, 5) is 23.6. The number of carbonyl (C=O) groups excluding carboxylic acids is 1. The van der Waals surface area contributed by atoms with Gasteiger partial charge in [0.2, 0.25) is 0 Å². The number of aliphatic imine (C=N–C) groups is 1. The Morgan fingerprint density at radius 2 is 1.68 bits per heavy atom. The molecular weight excluding hydrogens is 431 g/mol. The highest BCUT2D eigenvalue weighted by Gasteiger charge is 2.36. The normalized spacial score (nSPS) is 17.4. The molecule has 2 aliphatic heterocycles. The van der Waals surface area contributed by atoms with Gasteiger partial charge < -0.3 is 14.5 Å². The largest absolute Gasteiger partial charge is 0.494 e. The fraction of sp³-hybridized carbons (Fsp3) is 0.259. The van der Waals surface area contributed by atoms with Crippen molar-refractivity contribution in [2.75, 3.05) is 49.3 Å². The van der Waals surface area contributed by atoms with Crippen LogP contribution in [-0.2, 0) is 4.79 Å². The van der Waals surface area contributed by atoms with E-state index in [1.54, 1.807) is 0 Å². The zero-order valence-corrected chi connectivity index (χ0v) is 19.2. The van der Waals surface area contributed by atoms with Crippen LogP contribution in [0.25, 0.3) is 0 Å². The minimum atomic E-state index is -0.220. The van der Waals surface area contributed by atoms with E-state index in [0.717, 1.165) is 54.6 Å². The van der Waals surface area contributed by atoms with E-state index in [-0.39, 0.29) is 11.7 Å². The van der Waals surface area contributed by atoms with Crippen molar-refractivity contribution in [2.45, 2.75) is 6.92 Å². The second kappa shape index (κ2) is 9.65. The molecule has 1 saturated heterocycles. The number of benzene rings is 3. The van der Waals surface area contributed by atoms with E-state index >= 15 is 0 Å². The molecule has 7 heteroatoms. The Hall–Kier alpha value is -3.71. The molecule has 1 amide bonds. The summed E-state index contributed by atoms with van der Waals surface area (Å²) < 4.78 is 18.7. The van der Waals surface area contributed by atoms with E-state index in [1.165, 1.54) is 17.0 Å². The van der Waals surface area contributed by atoms with Crippen molar-refractivity contribution < 1.29 is 18.8 Å². The van der Waals surface area contributed by atoms with Crippen LogP contribution in [0.3, 0.4) is 0 Å². The SMILES string of the molecule is CCOc1ccc(N=C2C(=O)N(C[NH+]3CCN(c4ccc(F)cc4)CC3)c3ccccc32)cc1. The Morgan fingerprint density at radius 3 is 2.38 bits per heavy atom. The van der Waals surface area contributed by atoms with Gasteiger partial charge in [0.15, 0.2) is 6.67 Å². The summed E-state index contributed by atoms with van der Waals surface area (Å²) in [6.07, 6.45) is 0. The van der Waals surface area contributed by atoms with Crippen LogP contribution < -0.4 is 19.4 Å². The average Bonchev–Trinajstić information content (AvgIpc) is 3.12. The Labute approximate surface area is 198 Å². The fourth-order valence-electron chi connectivity index (χ4n) is 4.55. The molecule has 0 saturated carbocycles. The predicted octanol–water partition coefficient (Wildman–Crippen LogP) is 3.05. The van der Waals surface area contributed by atoms with Gasteiger partial charge in [-0.1, -0.05) is 18.2 Å². The van der Waals surface area contributed by atoms with Gasteiger partial charge in [-0.3, -0.25) is 9.69 Å². The zero-order valence-electron chi connectivity index (χ0n) is 19.2. The standard InChI is InChI=1S/C27H27FN4O2/c1-2-34-23-13-9-21(10-14-23)29-26-24-5-3-4-6-25(24)32(27(26)33)19-30-15-17-31(18-16-30)22-11-7-20(28)8-12-22/h3-14H,2,15-19H2,1H3/p+1. The summed E-state index contributed by atoms with van der Waals surface area (Å²) in [7, 11) is 0. The van der Waals surface area contributed by atoms with Crippen molar-refractivity contribution in [3.8, 4) is 5.75 Å². The highest BCUT2D eigenvalue weighted by atomic mass is 19.1. The van der Waals surface area contributed by atoms with Gasteiger partial charge in [-0.2, -0.15) is 0 Å². The quantitative estimate of drug-likeness (QED) is 0.617. The van der Waals surface area contributed by atoms with Gasteiger partial charge >= 0.3 is 0 Å². The van der Waals surface area contributed by atoms with Crippen LogP contribution in [0.5, 0.6) is 5.75 Å². The third-order valence-corrected chi connectivity index (χ3v) is 6.33. The van der Waals surface area contributed by atoms with Crippen molar-refractivity contribution in [1.82, 2.24) is 0 Å². The van der Waals surface area contributed by atoms with E-state index in [9.17, 15) is 9.18 Å². The molecular formula is C27H28FN4O2+. The number of nitrogens with one attached hydrogen (secondary N) is 1. The number of quaternary nitrogens is 1. The highest BCUT2D eigenvalue weighted by molar-refractivity contribution is 6.54. The molecule has 0 spiro atoms. The van der Waals surface area contributed by atoms with Gasteiger partial charge in [-0.05, 0) is 61.5 Å². The molecule has 1 fully saturated rings. The molecule has 6 nitrogen and oxygen atoms in total. The maximum absolute atomic E-state index is 13.4. The van der Waals surface area contributed by atoms with Crippen molar-refractivity contribution in [3.05, 3.63) is 84.2 Å². The Kier molecular flexibility index (Phi) is 6.27. The van der Waals surface area contributed by atoms with Gasteiger partial charge in [0.1, 0.15) is 17.3 Å². The number of nitrogens with zero attached hydrogens (tertiary/aromatic N) is 3. The van der Waals surface area contributed by atoms with Crippen LogP contribution >= 0.6 is 0 Å². The van der Waals surface area contributed by atoms with Crippen molar-refractivity contribution in [2.24, 2.45) is 4.99 Å². The Morgan fingerprint density at radius 1 is 0.971 bits per heavy atom. The summed E-state index contributed by atoms with van der Waals surface area (Å²) >= 11 is 0. The number of hydrogen-bond donors (Lipinski definition) is 1. The first-order chi connectivity index (χ1) is 16.6. The van der Waals surface area contributed by atoms with E-state index in [1.807, 2.05) is 72.5 Å². The summed E-state index contributed by atoms with van der Waals surface area (Å²) in [6, 6.07) is 22.0. The van der Waals surface area contributed by atoms with Crippen molar-refractivity contribution in [1.29, 1.82) is 0 Å². The molecule has 0 aliphatic carbocycles. The van der Waals surface area contributed by atoms with Gasteiger partial charge in [0, 0.05) is 11.3 Å². The minimum Gasteiger partial charge on any atom is -0.494 e. The van der Waals surface area contributed by atoms with Crippen molar-refractivity contribution >= 4 is 28.7 Å². The van der Waals surface area contributed by atoms with Gasteiger partial charge in [0.25, 0.3) is 5.91 Å². The first-order valence-electron chi connectivity index (χ1n) is 11.7. The maximum Gasteiger partial charge on any atom is 0.281 e. The lowest BCUT2D eigenvalue weighted by Crippen LogP contribution is -3.16. The third kappa shape index (κ3) is 4.52. The number of rotatable bonds is 6. The minimum absolute atomic E-state index is 0.0662. The van der Waals surface area contributed by atoms with E-state index in [0.29, 0.717) is 19.0 Å². The summed E-state index contributed by atoms with van der Waals surface area (Å²) in [5, 5.41) is 0. The fourth-order valence-corrected chi connectivity index (χ4v) is 4.55. The molecule has 3 aromatic carbocycles. The van der Waals surface area contributed by atoms with Crippen LogP contribution in [0.15, 0.2) is 77.8 Å². The van der Waals surface area contributed by atoms with Gasteiger partial charge in [0.05, 0.1) is 44.2 Å². The lowest BCUT2D eigenvalue weighted by atomic mass is 10.1. The van der Waals surface area contributed by atoms with E-state index < -0.39 is 0 Å². The first-order valence-corrected chi connectivity index (χ1v) is 11.7. The molecule has 1 N–H and O–H groups in total. The number of ether oxygens (including phenoxy) is 1. The Bertz CT molecular complexity index is 1190. The number of halogens is 1. The lowest BCUT2D eigenvalue weighted by molar-refractivity contribution is -0.899. The van der Waals surface area contributed by atoms with E-state index in [4.69, 9.17) is 9.73 Å². The number of hydrogen-bond acceptors (Lipinski definition) is 4.